The first-order chi connectivity index (χ1) is 10.0. The van der Waals surface area contributed by atoms with E-state index in [2.05, 4.69) is 10.6 Å². The summed E-state index contributed by atoms with van der Waals surface area (Å²) in [6.45, 7) is 1.08. The molecule has 3 amide bonds. The second-order valence-electron chi connectivity index (χ2n) is 5.89. The molecule has 0 aromatic carbocycles. The molecule has 2 fully saturated rings. The summed E-state index contributed by atoms with van der Waals surface area (Å²) in [7, 11) is 1.60. The SMILES string of the molecule is CNC(=O)C1CCCN(C(=O)N[C@H]2CC[C@@H](C(=O)O)C2)C1. The quantitative estimate of drug-likeness (QED) is 0.702. The number of carbonyl (C=O) groups excluding carboxylic acids is 2. The largest absolute Gasteiger partial charge is 0.481 e. The fourth-order valence-corrected chi connectivity index (χ4v) is 3.18. The van der Waals surface area contributed by atoms with Gasteiger partial charge in [-0.15, -0.1) is 0 Å². The number of amides is 3. The zero-order valence-electron chi connectivity index (χ0n) is 12.3. The molecule has 0 bridgehead atoms. The second-order valence-corrected chi connectivity index (χ2v) is 5.89. The number of hydrogen-bond donors (Lipinski definition) is 3. The number of nitrogens with zero attached hydrogens (tertiary/aromatic N) is 1. The third-order valence-electron chi connectivity index (χ3n) is 4.44. The number of carboxylic acid groups (broad SMARTS) is 1. The van der Waals surface area contributed by atoms with Gasteiger partial charge in [0.15, 0.2) is 0 Å². The van der Waals surface area contributed by atoms with Crippen molar-refractivity contribution in [2.75, 3.05) is 20.1 Å². The van der Waals surface area contributed by atoms with E-state index in [4.69, 9.17) is 5.11 Å². The molecule has 3 N–H and O–H groups in total. The van der Waals surface area contributed by atoms with Crippen molar-refractivity contribution in [2.24, 2.45) is 11.8 Å². The summed E-state index contributed by atoms with van der Waals surface area (Å²) < 4.78 is 0. The third kappa shape index (κ3) is 3.86. The van der Waals surface area contributed by atoms with Crippen molar-refractivity contribution < 1.29 is 19.5 Å². The molecular weight excluding hydrogens is 274 g/mol. The molecule has 1 aliphatic heterocycles. The summed E-state index contributed by atoms with van der Waals surface area (Å²) in [6, 6.07) is -0.251. The molecule has 0 aromatic heterocycles. The monoisotopic (exact) mass is 297 g/mol. The first kappa shape index (κ1) is 15.6. The molecule has 1 unspecified atom stereocenters. The minimum absolute atomic E-state index is 0.0284. The molecule has 0 radical (unpaired) electrons. The lowest BCUT2D eigenvalue weighted by molar-refractivity contribution is -0.141. The Morgan fingerprint density at radius 1 is 1.14 bits per heavy atom. The van der Waals surface area contributed by atoms with E-state index < -0.39 is 5.97 Å². The predicted molar refractivity (Wildman–Crippen MR) is 75.7 cm³/mol. The Morgan fingerprint density at radius 2 is 1.90 bits per heavy atom. The fraction of sp³-hybridized carbons (Fsp3) is 0.786. The molecule has 118 valence electrons. The Morgan fingerprint density at radius 3 is 2.52 bits per heavy atom. The Labute approximate surface area is 124 Å². The Balaban J connectivity index is 1.83. The molecule has 1 aliphatic carbocycles. The van der Waals surface area contributed by atoms with Crippen molar-refractivity contribution in [3.8, 4) is 0 Å². The molecule has 7 heteroatoms. The number of rotatable bonds is 3. The molecule has 0 aromatic rings. The van der Waals surface area contributed by atoms with Crippen LogP contribution in [0.4, 0.5) is 4.79 Å². The van der Waals surface area contributed by atoms with E-state index in [1.54, 1.807) is 11.9 Å². The van der Waals surface area contributed by atoms with Crippen LogP contribution in [-0.2, 0) is 9.59 Å². The highest BCUT2D eigenvalue weighted by Gasteiger charge is 2.33. The molecule has 1 heterocycles. The number of carboxylic acids is 1. The summed E-state index contributed by atoms with van der Waals surface area (Å²) in [6.07, 6.45) is 3.42. The zero-order chi connectivity index (χ0) is 15.4. The number of likely N-dealkylation sites (tertiary alicyclic amines) is 1. The van der Waals surface area contributed by atoms with Gasteiger partial charge in [0.1, 0.15) is 0 Å². The summed E-state index contributed by atoms with van der Waals surface area (Å²) in [5, 5.41) is 14.5. The Hall–Kier alpha value is -1.79. The second kappa shape index (κ2) is 6.78. The van der Waals surface area contributed by atoms with E-state index in [-0.39, 0.29) is 29.8 Å². The van der Waals surface area contributed by atoms with Crippen LogP contribution in [-0.4, -0.2) is 54.1 Å². The highest BCUT2D eigenvalue weighted by Crippen LogP contribution is 2.26. The molecular formula is C14H23N3O4. The van der Waals surface area contributed by atoms with Crippen molar-refractivity contribution in [3.63, 3.8) is 0 Å². The van der Waals surface area contributed by atoms with Gasteiger partial charge >= 0.3 is 12.0 Å². The predicted octanol–water partition coefficient (Wildman–Crippen LogP) is 0.407. The van der Waals surface area contributed by atoms with Gasteiger partial charge in [0.25, 0.3) is 0 Å². The van der Waals surface area contributed by atoms with E-state index in [1.807, 2.05) is 0 Å². The van der Waals surface area contributed by atoms with Gasteiger partial charge in [0.2, 0.25) is 5.91 Å². The number of hydrogen-bond acceptors (Lipinski definition) is 3. The highest BCUT2D eigenvalue weighted by atomic mass is 16.4. The first-order valence-corrected chi connectivity index (χ1v) is 7.51. The Bertz CT molecular complexity index is 426. The standard InChI is InChI=1S/C14H23N3O4/c1-15-12(18)10-3-2-6-17(8-10)14(21)16-11-5-4-9(7-11)13(19)20/h9-11H,2-8H2,1H3,(H,15,18)(H,16,21)(H,19,20)/t9-,10?,11+/m1/s1. The van der Waals surface area contributed by atoms with Gasteiger partial charge in [-0.1, -0.05) is 0 Å². The van der Waals surface area contributed by atoms with Gasteiger partial charge in [-0.25, -0.2) is 4.79 Å². The van der Waals surface area contributed by atoms with E-state index in [9.17, 15) is 14.4 Å². The van der Waals surface area contributed by atoms with Crippen molar-refractivity contribution in [1.29, 1.82) is 0 Å². The van der Waals surface area contributed by atoms with Crippen molar-refractivity contribution in [3.05, 3.63) is 0 Å². The smallest absolute Gasteiger partial charge is 0.317 e. The van der Waals surface area contributed by atoms with E-state index in [1.165, 1.54) is 0 Å². The maximum Gasteiger partial charge on any atom is 0.317 e. The summed E-state index contributed by atoms with van der Waals surface area (Å²) in [4.78, 5) is 36.5. The van der Waals surface area contributed by atoms with Crippen LogP contribution in [0, 0.1) is 11.8 Å². The number of urea groups is 1. The van der Waals surface area contributed by atoms with Crippen LogP contribution < -0.4 is 10.6 Å². The van der Waals surface area contributed by atoms with Gasteiger partial charge in [-0.05, 0) is 32.1 Å². The van der Waals surface area contributed by atoms with Crippen molar-refractivity contribution in [1.82, 2.24) is 15.5 Å². The van der Waals surface area contributed by atoms with E-state index in [0.29, 0.717) is 32.4 Å². The lowest BCUT2D eigenvalue weighted by atomic mass is 9.97. The number of carbonyl (C=O) groups is 3. The van der Waals surface area contributed by atoms with E-state index in [0.717, 1.165) is 12.8 Å². The summed E-state index contributed by atoms with van der Waals surface area (Å²) >= 11 is 0. The molecule has 21 heavy (non-hydrogen) atoms. The average molecular weight is 297 g/mol. The van der Waals surface area contributed by atoms with Gasteiger partial charge in [0, 0.05) is 26.2 Å². The maximum absolute atomic E-state index is 12.2. The van der Waals surface area contributed by atoms with Crippen LogP contribution in [0.5, 0.6) is 0 Å². The van der Waals surface area contributed by atoms with Crippen LogP contribution in [0.3, 0.4) is 0 Å². The normalized spacial score (nSPS) is 29.0. The third-order valence-corrected chi connectivity index (χ3v) is 4.44. The molecule has 2 aliphatic rings. The summed E-state index contributed by atoms with van der Waals surface area (Å²) in [5.74, 6) is -1.32. The molecule has 2 rings (SSSR count). The van der Waals surface area contributed by atoms with Crippen LogP contribution in [0.1, 0.15) is 32.1 Å². The zero-order valence-corrected chi connectivity index (χ0v) is 12.3. The molecule has 7 nitrogen and oxygen atoms in total. The fourth-order valence-electron chi connectivity index (χ4n) is 3.18. The topological polar surface area (TPSA) is 98.7 Å². The Kier molecular flexibility index (Phi) is 5.03. The first-order valence-electron chi connectivity index (χ1n) is 7.51. The van der Waals surface area contributed by atoms with Gasteiger partial charge < -0.3 is 20.6 Å². The maximum atomic E-state index is 12.2. The van der Waals surface area contributed by atoms with Crippen LogP contribution in [0.2, 0.25) is 0 Å². The lowest BCUT2D eigenvalue weighted by Crippen LogP contribution is -2.50. The van der Waals surface area contributed by atoms with Crippen LogP contribution >= 0.6 is 0 Å². The average Bonchev–Trinajstić information content (AvgIpc) is 2.95. The molecule has 3 atom stereocenters. The van der Waals surface area contributed by atoms with Crippen molar-refractivity contribution in [2.45, 2.75) is 38.1 Å². The van der Waals surface area contributed by atoms with E-state index >= 15 is 0 Å². The lowest BCUT2D eigenvalue weighted by Gasteiger charge is -2.32. The number of aliphatic carboxylic acids is 1. The molecule has 0 spiro atoms. The number of nitrogens with one attached hydrogen (secondary N) is 2. The molecule has 1 saturated heterocycles. The minimum Gasteiger partial charge on any atom is -0.481 e. The van der Waals surface area contributed by atoms with Gasteiger partial charge in [-0.2, -0.15) is 0 Å². The number of piperidine rings is 1. The van der Waals surface area contributed by atoms with Crippen molar-refractivity contribution >= 4 is 17.9 Å². The van der Waals surface area contributed by atoms with Crippen LogP contribution in [0.15, 0.2) is 0 Å². The highest BCUT2D eigenvalue weighted by molar-refractivity contribution is 5.80. The molecule has 1 saturated carbocycles. The van der Waals surface area contributed by atoms with Gasteiger partial charge in [-0.3, -0.25) is 9.59 Å². The van der Waals surface area contributed by atoms with Crippen LogP contribution in [0.25, 0.3) is 0 Å². The minimum atomic E-state index is -0.788. The summed E-state index contributed by atoms with van der Waals surface area (Å²) in [5.41, 5.74) is 0. The van der Waals surface area contributed by atoms with Gasteiger partial charge in [0.05, 0.1) is 11.8 Å².